The molecular weight excluding hydrogens is 293 g/mol. The molecule has 1 N–H and O–H groups in total. The first-order valence-corrected chi connectivity index (χ1v) is 7.75. The molecule has 112 valence electrons. The predicted octanol–water partition coefficient (Wildman–Crippen LogP) is 1.44. The zero-order chi connectivity index (χ0) is 14.8. The molecule has 0 bridgehead atoms. The highest BCUT2D eigenvalue weighted by Gasteiger charge is 2.35. The molecule has 1 fully saturated rings. The van der Waals surface area contributed by atoms with Gasteiger partial charge in [0.1, 0.15) is 0 Å². The molecule has 0 radical (unpaired) electrons. The Hall–Kier alpha value is -1.12. The van der Waals surface area contributed by atoms with Crippen LogP contribution in [-0.2, 0) is 22.0 Å². The Labute approximate surface area is 115 Å². The molecule has 1 aromatic rings. The van der Waals surface area contributed by atoms with Crippen molar-refractivity contribution in [2.24, 2.45) is 0 Å². The number of benzene rings is 1. The smallest absolute Gasteiger partial charge is 0.314 e. The van der Waals surface area contributed by atoms with Crippen molar-refractivity contribution < 1.29 is 21.6 Å². The van der Waals surface area contributed by atoms with Gasteiger partial charge in [-0.3, -0.25) is 0 Å². The van der Waals surface area contributed by atoms with E-state index in [1.165, 1.54) is 22.5 Å². The number of alkyl halides is 3. The molecule has 20 heavy (non-hydrogen) atoms. The first-order valence-electron chi connectivity index (χ1n) is 6.14. The summed E-state index contributed by atoms with van der Waals surface area (Å²) in [4.78, 5) is 0. The van der Waals surface area contributed by atoms with Gasteiger partial charge in [0.05, 0.1) is 11.3 Å². The Morgan fingerprint density at radius 2 is 1.75 bits per heavy atom. The van der Waals surface area contributed by atoms with E-state index in [1.54, 1.807) is 0 Å². The zero-order valence-corrected chi connectivity index (χ0v) is 11.5. The van der Waals surface area contributed by atoms with Gasteiger partial charge in [-0.25, -0.2) is 8.42 Å². The van der Waals surface area contributed by atoms with Crippen LogP contribution in [0.5, 0.6) is 0 Å². The number of hydrogen-bond acceptors (Lipinski definition) is 3. The molecule has 0 aromatic heterocycles. The molecule has 1 aliphatic heterocycles. The van der Waals surface area contributed by atoms with Crippen molar-refractivity contribution in [2.75, 3.05) is 26.2 Å². The molecule has 1 aliphatic rings. The Morgan fingerprint density at radius 3 is 2.35 bits per heavy atom. The van der Waals surface area contributed by atoms with Crippen molar-refractivity contribution in [3.8, 4) is 0 Å². The van der Waals surface area contributed by atoms with Gasteiger partial charge in [-0.05, 0) is 11.6 Å². The summed E-state index contributed by atoms with van der Waals surface area (Å²) in [6.45, 7) is 1.60. The Morgan fingerprint density at radius 1 is 1.15 bits per heavy atom. The minimum atomic E-state index is -4.55. The third kappa shape index (κ3) is 3.50. The number of sulfonamides is 1. The number of hydrogen-bond donors (Lipinski definition) is 1. The topological polar surface area (TPSA) is 49.4 Å². The fraction of sp³-hybridized carbons (Fsp3) is 0.500. The van der Waals surface area contributed by atoms with Gasteiger partial charge >= 0.3 is 6.18 Å². The molecule has 0 spiro atoms. The first kappa shape index (κ1) is 15.3. The summed E-state index contributed by atoms with van der Waals surface area (Å²) < 4.78 is 64.1. The summed E-state index contributed by atoms with van der Waals surface area (Å²) in [6.07, 6.45) is -4.55. The monoisotopic (exact) mass is 308 g/mol. The van der Waals surface area contributed by atoms with Gasteiger partial charge in [0.2, 0.25) is 10.0 Å². The molecule has 2 rings (SSSR count). The maximum atomic E-state index is 12.8. The summed E-state index contributed by atoms with van der Waals surface area (Å²) >= 11 is 0. The largest absolute Gasteiger partial charge is 0.416 e. The molecule has 0 amide bonds. The van der Waals surface area contributed by atoms with Crippen molar-refractivity contribution in [2.45, 2.75) is 11.9 Å². The van der Waals surface area contributed by atoms with E-state index in [-0.39, 0.29) is 18.7 Å². The fourth-order valence-corrected chi connectivity index (χ4v) is 3.70. The van der Waals surface area contributed by atoms with Crippen LogP contribution >= 0.6 is 0 Å². The van der Waals surface area contributed by atoms with Crippen molar-refractivity contribution in [3.63, 3.8) is 0 Å². The van der Waals surface area contributed by atoms with Crippen LogP contribution in [0.25, 0.3) is 0 Å². The van der Waals surface area contributed by atoms with E-state index in [0.717, 1.165) is 6.07 Å². The highest BCUT2D eigenvalue weighted by Crippen LogP contribution is 2.32. The first-order chi connectivity index (χ1) is 9.31. The Kier molecular flexibility index (Phi) is 4.36. The number of nitrogens with zero attached hydrogens (tertiary/aromatic N) is 1. The van der Waals surface area contributed by atoms with Crippen LogP contribution in [0.15, 0.2) is 24.3 Å². The van der Waals surface area contributed by atoms with Crippen molar-refractivity contribution in [3.05, 3.63) is 35.4 Å². The lowest BCUT2D eigenvalue weighted by Crippen LogP contribution is -2.46. The third-order valence-electron chi connectivity index (χ3n) is 3.13. The molecule has 0 aliphatic carbocycles. The average Bonchev–Trinajstić information content (AvgIpc) is 2.39. The van der Waals surface area contributed by atoms with Gasteiger partial charge < -0.3 is 5.32 Å². The van der Waals surface area contributed by atoms with Crippen LogP contribution in [0.4, 0.5) is 13.2 Å². The summed E-state index contributed by atoms with van der Waals surface area (Å²) in [5.41, 5.74) is -1.10. The summed E-state index contributed by atoms with van der Waals surface area (Å²) in [5.74, 6) is -0.622. The third-order valence-corrected chi connectivity index (χ3v) is 4.96. The quantitative estimate of drug-likeness (QED) is 0.919. The molecule has 8 heteroatoms. The van der Waals surface area contributed by atoms with Crippen molar-refractivity contribution in [1.82, 2.24) is 9.62 Å². The van der Waals surface area contributed by atoms with E-state index in [9.17, 15) is 21.6 Å². The van der Waals surface area contributed by atoms with E-state index < -0.39 is 27.5 Å². The van der Waals surface area contributed by atoms with Gasteiger partial charge in [0.25, 0.3) is 0 Å². The van der Waals surface area contributed by atoms with Gasteiger partial charge in [-0.1, -0.05) is 18.2 Å². The Bertz CT molecular complexity index is 566. The van der Waals surface area contributed by atoms with Gasteiger partial charge in [0.15, 0.2) is 0 Å². The van der Waals surface area contributed by atoms with Gasteiger partial charge in [-0.2, -0.15) is 17.5 Å². The average molecular weight is 308 g/mol. The van der Waals surface area contributed by atoms with E-state index in [0.29, 0.717) is 13.1 Å². The molecule has 4 nitrogen and oxygen atoms in total. The molecule has 0 saturated carbocycles. The van der Waals surface area contributed by atoms with E-state index in [4.69, 9.17) is 0 Å². The van der Waals surface area contributed by atoms with Crippen LogP contribution in [0.1, 0.15) is 11.1 Å². The molecular formula is C12H15F3N2O2S. The van der Waals surface area contributed by atoms with Crippen LogP contribution in [0.3, 0.4) is 0 Å². The lowest BCUT2D eigenvalue weighted by Gasteiger charge is -2.27. The number of halogens is 3. The Balaban J connectivity index is 2.25. The second-order valence-electron chi connectivity index (χ2n) is 4.56. The normalized spacial score (nSPS) is 18.1. The summed E-state index contributed by atoms with van der Waals surface area (Å²) in [5, 5.41) is 3.00. The lowest BCUT2D eigenvalue weighted by molar-refractivity contribution is -0.138. The van der Waals surface area contributed by atoms with Crippen LogP contribution in [-0.4, -0.2) is 38.9 Å². The second-order valence-corrected chi connectivity index (χ2v) is 6.53. The van der Waals surface area contributed by atoms with Crippen molar-refractivity contribution in [1.29, 1.82) is 0 Å². The number of nitrogens with one attached hydrogen (secondary N) is 1. The number of piperazine rings is 1. The van der Waals surface area contributed by atoms with E-state index in [2.05, 4.69) is 5.32 Å². The van der Waals surface area contributed by atoms with Crippen LogP contribution in [0, 0.1) is 0 Å². The maximum Gasteiger partial charge on any atom is 0.416 e. The van der Waals surface area contributed by atoms with Crippen molar-refractivity contribution >= 4 is 10.0 Å². The lowest BCUT2D eigenvalue weighted by atomic mass is 10.1. The minimum Gasteiger partial charge on any atom is -0.314 e. The van der Waals surface area contributed by atoms with E-state index >= 15 is 0 Å². The molecule has 0 unspecified atom stereocenters. The van der Waals surface area contributed by atoms with E-state index in [1.807, 2.05) is 0 Å². The SMILES string of the molecule is O=S(=O)(Cc1ccccc1C(F)(F)F)N1CCNCC1. The summed E-state index contributed by atoms with van der Waals surface area (Å²) in [6, 6.07) is 4.78. The molecule has 1 heterocycles. The highest BCUT2D eigenvalue weighted by atomic mass is 32.2. The summed E-state index contributed by atoms with van der Waals surface area (Å²) in [7, 11) is -3.73. The predicted molar refractivity (Wildman–Crippen MR) is 68.5 cm³/mol. The van der Waals surface area contributed by atoms with Crippen LogP contribution in [0.2, 0.25) is 0 Å². The number of rotatable bonds is 3. The standard InChI is InChI=1S/C12H15F3N2O2S/c13-12(14,15)11-4-2-1-3-10(11)9-20(18,19)17-7-5-16-6-8-17/h1-4,16H,5-9H2. The maximum absolute atomic E-state index is 12.8. The zero-order valence-electron chi connectivity index (χ0n) is 10.7. The molecule has 1 aromatic carbocycles. The molecule has 0 atom stereocenters. The minimum absolute atomic E-state index is 0.210. The molecule has 1 saturated heterocycles. The van der Waals surface area contributed by atoms with Gasteiger partial charge in [-0.15, -0.1) is 0 Å². The van der Waals surface area contributed by atoms with Gasteiger partial charge in [0, 0.05) is 26.2 Å². The van der Waals surface area contributed by atoms with Crippen LogP contribution < -0.4 is 5.32 Å². The second kappa shape index (κ2) is 5.71. The fourth-order valence-electron chi connectivity index (χ4n) is 2.13. The highest BCUT2D eigenvalue weighted by molar-refractivity contribution is 7.88.